The van der Waals surface area contributed by atoms with Crippen LogP contribution in [0.2, 0.25) is 0 Å². The first kappa shape index (κ1) is 25.5. The second-order valence-electron chi connectivity index (χ2n) is 11.5. The van der Waals surface area contributed by atoms with E-state index < -0.39 is 58.9 Å². The SMILES string of the molecule is C=CCC1C(=O)[C@@]2(C)C(C[C@]3(O)CCC(C)=C1C3(C)C)[C@]1(OC(C)=O)CO[C@@H]1CC[C@@H]2OCF. The molecule has 1 heterocycles. The van der Waals surface area contributed by atoms with Gasteiger partial charge in [-0.05, 0) is 52.4 Å². The van der Waals surface area contributed by atoms with Gasteiger partial charge in [0.05, 0.1) is 23.7 Å². The van der Waals surface area contributed by atoms with Crippen molar-refractivity contribution in [2.24, 2.45) is 22.7 Å². The van der Waals surface area contributed by atoms with Crippen molar-refractivity contribution in [1.82, 2.24) is 0 Å². The van der Waals surface area contributed by atoms with Crippen LogP contribution in [0.1, 0.15) is 73.1 Å². The zero-order chi connectivity index (χ0) is 25.1. The molecule has 7 atom stereocenters. The minimum absolute atomic E-state index is 0.0543. The second kappa shape index (κ2) is 8.52. The third kappa shape index (κ3) is 3.37. The van der Waals surface area contributed by atoms with E-state index in [4.69, 9.17) is 14.2 Å². The molecule has 0 aromatic rings. The van der Waals surface area contributed by atoms with Crippen LogP contribution in [0.25, 0.3) is 0 Å². The number of alkyl halides is 1. The third-order valence-corrected chi connectivity index (χ3v) is 9.68. The molecule has 4 aliphatic rings. The summed E-state index contributed by atoms with van der Waals surface area (Å²) in [4.78, 5) is 27.0. The van der Waals surface area contributed by atoms with E-state index in [9.17, 15) is 19.1 Å². The molecule has 190 valence electrons. The maximum Gasteiger partial charge on any atom is 0.303 e. The van der Waals surface area contributed by atoms with Crippen molar-refractivity contribution < 1.29 is 33.3 Å². The molecule has 2 bridgehead atoms. The van der Waals surface area contributed by atoms with Crippen molar-refractivity contribution in [2.75, 3.05) is 13.5 Å². The molecule has 0 aromatic heterocycles. The molecule has 0 spiro atoms. The van der Waals surface area contributed by atoms with Gasteiger partial charge in [0.2, 0.25) is 0 Å². The van der Waals surface area contributed by atoms with Crippen molar-refractivity contribution >= 4 is 11.8 Å². The Bertz CT molecular complexity index is 911. The quantitative estimate of drug-likeness (QED) is 0.465. The lowest BCUT2D eigenvalue weighted by atomic mass is 9.47. The molecule has 1 saturated heterocycles. The van der Waals surface area contributed by atoms with Crippen LogP contribution in [0.5, 0.6) is 0 Å². The molecule has 1 N–H and O–H groups in total. The molecule has 0 amide bonds. The van der Waals surface area contributed by atoms with E-state index in [1.165, 1.54) is 6.92 Å². The fraction of sp³-hybridized carbons (Fsp3) is 0.778. The summed E-state index contributed by atoms with van der Waals surface area (Å²) >= 11 is 0. The van der Waals surface area contributed by atoms with Crippen molar-refractivity contribution in [1.29, 1.82) is 0 Å². The summed E-state index contributed by atoms with van der Waals surface area (Å²) in [6, 6.07) is 0. The summed E-state index contributed by atoms with van der Waals surface area (Å²) < 4.78 is 31.2. The van der Waals surface area contributed by atoms with Crippen molar-refractivity contribution in [2.45, 2.75) is 96.6 Å². The number of halogens is 1. The average Bonchev–Trinajstić information content (AvgIpc) is 2.80. The molecule has 2 saturated carbocycles. The summed E-state index contributed by atoms with van der Waals surface area (Å²) in [6.07, 6.45) is 3.34. The largest absolute Gasteiger partial charge is 0.454 e. The predicted octanol–water partition coefficient (Wildman–Crippen LogP) is 4.45. The van der Waals surface area contributed by atoms with E-state index in [0.29, 0.717) is 32.1 Å². The maximum atomic E-state index is 14.7. The number of hydrogen-bond acceptors (Lipinski definition) is 6. The van der Waals surface area contributed by atoms with Crippen LogP contribution >= 0.6 is 0 Å². The van der Waals surface area contributed by atoms with Crippen LogP contribution in [0.4, 0.5) is 4.39 Å². The third-order valence-electron chi connectivity index (χ3n) is 9.68. The van der Waals surface area contributed by atoms with Crippen LogP contribution in [-0.2, 0) is 23.8 Å². The highest BCUT2D eigenvalue weighted by Crippen LogP contribution is 2.63. The predicted molar refractivity (Wildman–Crippen MR) is 125 cm³/mol. The number of rotatable bonds is 5. The van der Waals surface area contributed by atoms with E-state index in [1.807, 2.05) is 27.7 Å². The number of carbonyl (C=O) groups is 2. The van der Waals surface area contributed by atoms with Gasteiger partial charge in [-0.3, -0.25) is 9.59 Å². The highest BCUT2D eigenvalue weighted by Gasteiger charge is 2.71. The van der Waals surface area contributed by atoms with Crippen molar-refractivity contribution in [3.63, 3.8) is 0 Å². The standard InChI is InChI=1S/C27H39FO6/c1-7-8-18-22-16(2)11-12-26(31,24(22,4)5)13-19-25(6,23(18)30)20(33-15-28)9-10-21-27(19,14-32-21)34-17(3)29/h7,18-21,31H,1,8-15H2,2-6H3/t18?,19?,20-,21+,25-,26+,27+/m0/s1. The fourth-order valence-corrected chi connectivity index (χ4v) is 7.79. The Kier molecular flexibility index (Phi) is 6.40. The van der Waals surface area contributed by atoms with Gasteiger partial charge in [0.15, 0.2) is 12.5 Å². The molecule has 6 nitrogen and oxygen atoms in total. The van der Waals surface area contributed by atoms with E-state index >= 15 is 0 Å². The minimum atomic E-state index is -1.19. The van der Waals surface area contributed by atoms with Gasteiger partial charge in [-0.2, -0.15) is 0 Å². The number of aliphatic hydroxyl groups is 1. The Balaban J connectivity index is 2.01. The molecular weight excluding hydrogens is 439 g/mol. The Morgan fingerprint density at radius 2 is 2.03 bits per heavy atom. The first-order chi connectivity index (χ1) is 15.9. The van der Waals surface area contributed by atoms with E-state index in [1.54, 1.807) is 6.08 Å². The highest BCUT2D eigenvalue weighted by molar-refractivity contribution is 5.91. The molecule has 0 aromatic carbocycles. The maximum absolute atomic E-state index is 14.7. The summed E-state index contributed by atoms with van der Waals surface area (Å²) in [5, 5.41) is 12.3. The Morgan fingerprint density at radius 1 is 1.32 bits per heavy atom. The fourth-order valence-electron chi connectivity index (χ4n) is 7.79. The second-order valence-corrected chi connectivity index (χ2v) is 11.5. The number of allylic oxidation sites excluding steroid dienone is 2. The first-order valence-corrected chi connectivity index (χ1v) is 12.5. The number of ketones is 1. The Morgan fingerprint density at radius 3 is 2.59 bits per heavy atom. The summed E-state index contributed by atoms with van der Waals surface area (Å²) in [5.41, 5.74) is -2.01. The molecular formula is C27H39FO6. The average molecular weight is 479 g/mol. The van der Waals surface area contributed by atoms with Crippen LogP contribution in [-0.4, -0.2) is 53.7 Å². The van der Waals surface area contributed by atoms with Crippen molar-refractivity contribution in [3.05, 3.63) is 23.8 Å². The topological polar surface area (TPSA) is 82.1 Å². The number of carbonyl (C=O) groups excluding carboxylic acids is 2. The summed E-state index contributed by atoms with van der Waals surface area (Å²) in [5.74, 6) is -1.62. The number of Topliss-reactive ketones (excluding diaryl/α,β-unsaturated/α-hetero) is 1. The zero-order valence-electron chi connectivity index (χ0n) is 21.1. The molecule has 2 unspecified atom stereocenters. The van der Waals surface area contributed by atoms with Crippen molar-refractivity contribution in [3.8, 4) is 0 Å². The van der Waals surface area contributed by atoms with Gasteiger partial charge >= 0.3 is 5.97 Å². The Labute approximate surface area is 201 Å². The molecule has 0 radical (unpaired) electrons. The van der Waals surface area contributed by atoms with Gasteiger partial charge in [-0.25, -0.2) is 4.39 Å². The Hall–Kier alpha value is -1.57. The number of ether oxygens (including phenoxy) is 3. The van der Waals surface area contributed by atoms with E-state index in [2.05, 4.69) is 6.58 Å². The molecule has 1 aliphatic heterocycles. The minimum Gasteiger partial charge on any atom is -0.454 e. The molecule has 4 rings (SSSR count). The van der Waals surface area contributed by atoms with E-state index in [-0.39, 0.29) is 18.8 Å². The normalized spacial score (nSPS) is 43.4. The molecule has 3 aliphatic carbocycles. The van der Waals surface area contributed by atoms with Crippen LogP contribution < -0.4 is 0 Å². The van der Waals surface area contributed by atoms with Crippen LogP contribution in [0, 0.1) is 22.7 Å². The van der Waals surface area contributed by atoms with Crippen LogP contribution in [0.3, 0.4) is 0 Å². The van der Waals surface area contributed by atoms with Gasteiger partial charge in [-0.15, -0.1) is 6.58 Å². The lowest BCUT2D eigenvalue weighted by Crippen LogP contribution is -2.71. The monoisotopic (exact) mass is 478 g/mol. The smallest absolute Gasteiger partial charge is 0.303 e. The molecule has 7 heteroatoms. The summed E-state index contributed by atoms with van der Waals surface area (Å²) in [7, 11) is 0. The number of esters is 1. The van der Waals surface area contributed by atoms with E-state index in [0.717, 1.165) is 11.1 Å². The van der Waals surface area contributed by atoms with Gasteiger partial charge in [0.25, 0.3) is 0 Å². The number of hydrogen-bond donors (Lipinski definition) is 1. The number of fused-ring (bicyclic) bond motifs is 5. The van der Waals surface area contributed by atoms with Gasteiger partial charge in [0, 0.05) is 24.2 Å². The van der Waals surface area contributed by atoms with Gasteiger partial charge in [0.1, 0.15) is 11.9 Å². The first-order valence-electron chi connectivity index (χ1n) is 12.5. The summed E-state index contributed by atoms with van der Waals surface area (Å²) in [6.45, 7) is 12.3. The van der Waals surface area contributed by atoms with Gasteiger partial charge in [-0.1, -0.05) is 31.1 Å². The van der Waals surface area contributed by atoms with Crippen LogP contribution in [0.15, 0.2) is 23.8 Å². The highest BCUT2D eigenvalue weighted by atomic mass is 19.1. The molecule has 34 heavy (non-hydrogen) atoms. The lowest BCUT2D eigenvalue weighted by molar-refractivity contribution is -0.292. The zero-order valence-corrected chi connectivity index (χ0v) is 21.1. The van der Waals surface area contributed by atoms with Gasteiger partial charge < -0.3 is 19.3 Å². The lowest BCUT2D eigenvalue weighted by Gasteiger charge is -2.61. The molecule has 3 fully saturated rings.